The van der Waals surface area contributed by atoms with Crippen LogP contribution < -0.4 is 22.5 Å². The van der Waals surface area contributed by atoms with Gasteiger partial charge in [-0.15, -0.1) is 11.3 Å². The smallest absolute Gasteiger partial charge is 0.314 e. The van der Waals surface area contributed by atoms with E-state index < -0.39 is 28.4 Å². The zero-order valence-electron chi connectivity index (χ0n) is 19.1. The number of thiophene rings is 1. The van der Waals surface area contributed by atoms with Gasteiger partial charge in [-0.2, -0.15) is 0 Å². The molecule has 3 N–H and O–H groups in total. The molecule has 0 aliphatic rings. The first kappa shape index (κ1) is 23.3. The second-order valence-corrected chi connectivity index (χ2v) is 9.32. The van der Waals surface area contributed by atoms with Gasteiger partial charge in [-0.25, -0.2) is 9.59 Å². The first-order chi connectivity index (χ1) is 17.5. The summed E-state index contributed by atoms with van der Waals surface area (Å²) in [6, 6.07) is 22.4. The van der Waals surface area contributed by atoms with Gasteiger partial charge in [-0.1, -0.05) is 66.7 Å². The van der Waals surface area contributed by atoms with Crippen LogP contribution in [0.3, 0.4) is 0 Å². The molecule has 0 spiro atoms. The third-order valence-electron chi connectivity index (χ3n) is 5.99. The number of aromatic amines is 3. The van der Waals surface area contributed by atoms with Gasteiger partial charge in [0, 0.05) is 28.8 Å². The van der Waals surface area contributed by atoms with Crippen molar-refractivity contribution in [3.05, 3.63) is 159 Å². The molecule has 1 atom stereocenters. The van der Waals surface area contributed by atoms with Crippen molar-refractivity contribution in [2.45, 2.75) is 18.9 Å². The van der Waals surface area contributed by atoms with Gasteiger partial charge in [0.15, 0.2) is 0 Å². The second kappa shape index (κ2) is 10.0. The van der Waals surface area contributed by atoms with Crippen molar-refractivity contribution in [1.82, 2.24) is 19.5 Å². The molecule has 0 bridgehead atoms. The first-order valence-electron chi connectivity index (χ1n) is 11.3. The zero-order chi connectivity index (χ0) is 25.1. The molecule has 0 fully saturated rings. The summed E-state index contributed by atoms with van der Waals surface area (Å²) < 4.78 is 1.15. The van der Waals surface area contributed by atoms with Crippen LogP contribution in [-0.2, 0) is 13.0 Å². The standard InChI is InChI=1S/C27H22N4O4S/c32-24-19(15-28-26(34)30-24)22(21-12-7-13-36-21)23-20(14-17-8-3-1-4-9-17)29-27(35)31(25(23)33)16-18-10-5-2-6-11-18/h1-13,15,22H,14,16H2,(H,29,35)(H2,28,30,32,34). The Morgan fingerprint density at radius 1 is 0.806 bits per heavy atom. The van der Waals surface area contributed by atoms with E-state index in [1.165, 1.54) is 17.5 Å². The lowest BCUT2D eigenvalue weighted by molar-refractivity contribution is 0.666. The van der Waals surface area contributed by atoms with E-state index in [-0.39, 0.29) is 24.1 Å². The minimum atomic E-state index is -0.796. The van der Waals surface area contributed by atoms with Crippen LogP contribution in [0.1, 0.15) is 38.7 Å². The van der Waals surface area contributed by atoms with E-state index >= 15 is 0 Å². The van der Waals surface area contributed by atoms with Crippen molar-refractivity contribution in [3.63, 3.8) is 0 Å². The first-order valence-corrected chi connectivity index (χ1v) is 12.2. The molecule has 0 amide bonds. The number of rotatable bonds is 7. The predicted octanol–water partition coefficient (Wildman–Crippen LogP) is 2.79. The van der Waals surface area contributed by atoms with Gasteiger partial charge in [0.05, 0.1) is 18.0 Å². The third kappa shape index (κ3) is 4.69. The second-order valence-electron chi connectivity index (χ2n) is 8.34. The van der Waals surface area contributed by atoms with Gasteiger partial charge < -0.3 is 9.97 Å². The topological polar surface area (TPSA) is 121 Å². The Morgan fingerprint density at radius 3 is 2.14 bits per heavy atom. The highest BCUT2D eigenvalue weighted by Gasteiger charge is 2.29. The third-order valence-corrected chi connectivity index (χ3v) is 6.92. The maximum Gasteiger partial charge on any atom is 0.328 e. The summed E-state index contributed by atoms with van der Waals surface area (Å²) in [4.78, 5) is 60.3. The fourth-order valence-corrected chi connectivity index (χ4v) is 5.17. The molecule has 0 saturated heterocycles. The lowest BCUT2D eigenvalue weighted by Crippen LogP contribution is -2.41. The quantitative estimate of drug-likeness (QED) is 0.320. The highest BCUT2D eigenvalue weighted by atomic mass is 32.1. The molecular formula is C27H22N4O4S. The molecule has 0 radical (unpaired) electrons. The van der Waals surface area contributed by atoms with Crippen molar-refractivity contribution in [3.8, 4) is 0 Å². The molecule has 0 aliphatic heterocycles. The lowest BCUT2D eigenvalue weighted by atomic mass is 9.89. The van der Waals surface area contributed by atoms with Crippen LogP contribution >= 0.6 is 11.3 Å². The number of nitrogens with zero attached hydrogens (tertiary/aromatic N) is 1. The van der Waals surface area contributed by atoms with Crippen LogP contribution in [0.2, 0.25) is 0 Å². The largest absolute Gasteiger partial charge is 0.328 e. The van der Waals surface area contributed by atoms with Crippen LogP contribution in [-0.4, -0.2) is 19.5 Å². The van der Waals surface area contributed by atoms with E-state index in [4.69, 9.17) is 0 Å². The van der Waals surface area contributed by atoms with Gasteiger partial charge in [-0.3, -0.25) is 19.1 Å². The van der Waals surface area contributed by atoms with Crippen molar-refractivity contribution in [2.75, 3.05) is 0 Å². The molecule has 9 heteroatoms. The molecule has 1 unspecified atom stereocenters. The van der Waals surface area contributed by atoms with Crippen molar-refractivity contribution in [2.24, 2.45) is 0 Å². The Labute approximate surface area is 208 Å². The highest BCUT2D eigenvalue weighted by molar-refractivity contribution is 7.10. The van der Waals surface area contributed by atoms with E-state index in [1.807, 2.05) is 78.2 Å². The molecule has 3 aromatic heterocycles. The molecule has 0 saturated carbocycles. The number of hydrogen-bond acceptors (Lipinski definition) is 5. The van der Waals surface area contributed by atoms with E-state index in [1.54, 1.807) is 0 Å². The van der Waals surface area contributed by atoms with Crippen LogP contribution in [0.5, 0.6) is 0 Å². The summed E-state index contributed by atoms with van der Waals surface area (Å²) >= 11 is 1.39. The zero-order valence-corrected chi connectivity index (χ0v) is 19.9. The predicted molar refractivity (Wildman–Crippen MR) is 139 cm³/mol. The number of nitrogens with one attached hydrogen (secondary N) is 3. The van der Waals surface area contributed by atoms with Crippen LogP contribution in [0, 0.1) is 0 Å². The summed E-state index contributed by atoms with van der Waals surface area (Å²) in [6.07, 6.45) is 1.62. The summed E-state index contributed by atoms with van der Waals surface area (Å²) in [6.45, 7) is 0.0762. The molecule has 180 valence electrons. The maximum absolute atomic E-state index is 14.1. The lowest BCUT2D eigenvalue weighted by Gasteiger charge is -2.20. The molecule has 5 aromatic rings. The Morgan fingerprint density at radius 2 is 1.50 bits per heavy atom. The molecule has 2 aromatic carbocycles. The Kier molecular flexibility index (Phi) is 6.46. The maximum atomic E-state index is 14.1. The van der Waals surface area contributed by atoms with Crippen LogP contribution in [0.25, 0.3) is 0 Å². The average Bonchev–Trinajstić information content (AvgIpc) is 3.41. The summed E-state index contributed by atoms with van der Waals surface area (Å²) in [5.74, 6) is -0.796. The minimum Gasteiger partial charge on any atom is -0.314 e. The number of hydrogen-bond donors (Lipinski definition) is 3. The molecule has 36 heavy (non-hydrogen) atoms. The van der Waals surface area contributed by atoms with Crippen LogP contribution in [0.4, 0.5) is 0 Å². The fraction of sp³-hybridized carbons (Fsp3) is 0.111. The van der Waals surface area contributed by atoms with Crippen molar-refractivity contribution < 1.29 is 0 Å². The van der Waals surface area contributed by atoms with Gasteiger partial charge in [0.1, 0.15) is 0 Å². The van der Waals surface area contributed by atoms with Crippen molar-refractivity contribution >= 4 is 11.3 Å². The van der Waals surface area contributed by atoms with Gasteiger partial charge >= 0.3 is 11.4 Å². The SMILES string of the molecule is O=c1[nH]cc(C(c2cccs2)c2c(Cc3ccccc3)[nH]c(=O)n(Cc3ccccc3)c2=O)c(=O)[nH]1. The highest BCUT2D eigenvalue weighted by Crippen LogP contribution is 2.32. The number of aromatic nitrogens is 4. The minimum absolute atomic E-state index is 0.0762. The number of H-pyrrole nitrogens is 3. The molecule has 5 rings (SSSR count). The van der Waals surface area contributed by atoms with E-state index in [0.29, 0.717) is 5.69 Å². The average molecular weight is 499 g/mol. The Balaban J connectivity index is 1.78. The Bertz CT molecular complexity index is 1720. The monoisotopic (exact) mass is 498 g/mol. The van der Waals surface area contributed by atoms with E-state index in [0.717, 1.165) is 20.6 Å². The van der Waals surface area contributed by atoms with Gasteiger partial charge in [-0.05, 0) is 22.6 Å². The molecule has 3 heterocycles. The van der Waals surface area contributed by atoms with E-state index in [2.05, 4.69) is 15.0 Å². The van der Waals surface area contributed by atoms with E-state index in [9.17, 15) is 19.2 Å². The molecule has 8 nitrogen and oxygen atoms in total. The Hall–Kier alpha value is -4.50. The molecule has 0 aliphatic carbocycles. The fourth-order valence-electron chi connectivity index (χ4n) is 4.32. The normalized spacial score (nSPS) is 11.9. The summed E-state index contributed by atoms with van der Waals surface area (Å²) in [5.41, 5.74) is 0.359. The van der Waals surface area contributed by atoms with Gasteiger partial charge in [0.2, 0.25) is 0 Å². The van der Waals surface area contributed by atoms with Crippen molar-refractivity contribution in [1.29, 1.82) is 0 Å². The number of benzene rings is 2. The summed E-state index contributed by atoms with van der Waals surface area (Å²) in [7, 11) is 0. The van der Waals surface area contributed by atoms with Gasteiger partial charge in [0.25, 0.3) is 11.1 Å². The molecular weight excluding hydrogens is 476 g/mol. The van der Waals surface area contributed by atoms with Crippen LogP contribution in [0.15, 0.2) is 104 Å². The summed E-state index contributed by atoms with van der Waals surface area (Å²) in [5, 5.41) is 1.85.